The van der Waals surface area contributed by atoms with E-state index in [1.807, 2.05) is 56.0 Å². The number of sulfonamides is 1. The summed E-state index contributed by atoms with van der Waals surface area (Å²) in [5.74, 6) is 0.353. The average molecular weight is 440 g/mol. The minimum atomic E-state index is -3.43. The molecule has 0 unspecified atom stereocenters. The summed E-state index contributed by atoms with van der Waals surface area (Å²) in [5, 5.41) is 8.96. The van der Waals surface area contributed by atoms with Gasteiger partial charge < -0.3 is 4.90 Å². The maximum absolute atomic E-state index is 13.2. The number of anilines is 1. The van der Waals surface area contributed by atoms with Gasteiger partial charge in [-0.2, -0.15) is 5.26 Å². The van der Waals surface area contributed by atoms with Crippen molar-refractivity contribution in [1.82, 2.24) is 4.90 Å². The molecule has 3 rings (SSSR count). The van der Waals surface area contributed by atoms with Gasteiger partial charge in [0.2, 0.25) is 10.0 Å². The van der Waals surface area contributed by atoms with Gasteiger partial charge in [-0.3, -0.25) is 9.52 Å². The largest absolute Gasteiger partial charge is 0.339 e. The highest BCUT2D eigenvalue weighted by atomic mass is 32.2. The zero-order valence-corrected chi connectivity index (χ0v) is 19.1. The van der Waals surface area contributed by atoms with Crippen molar-refractivity contribution >= 4 is 21.6 Å². The lowest BCUT2D eigenvalue weighted by atomic mass is 9.88. The highest BCUT2D eigenvalue weighted by Gasteiger charge is 2.26. The van der Waals surface area contributed by atoms with Gasteiger partial charge in [-0.05, 0) is 73.9 Å². The molecule has 1 aliphatic rings. The van der Waals surface area contributed by atoms with E-state index < -0.39 is 10.0 Å². The van der Waals surface area contributed by atoms with Crippen LogP contribution in [0.5, 0.6) is 0 Å². The van der Waals surface area contributed by atoms with E-state index in [9.17, 15) is 13.2 Å². The molecule has 31 heavy (non-hydrogen) atoms. The van der Waals surface area contributed by atoms with E-state index in [2.05, 4.69) is 10.8 Å². The predicted octanol–water partition coefficient (Wildman–Crippen LogP) is 4.35. The van der Waals surface area contributed by atoms with E-state index in [-0.39, 0.29) is 11.7 Å². The number of nitrogens with zero attached hydrogens (tertiary/aromatic N) is 2. The lowest BCUT2D eigenvalue weighted by Gasteiger charge is -2.33. The van der Waals surface area contributed by atoms with Crippen LogP contribution in [0.3, 0.4) is 0 Å². The normalized spacial score (nSPS) is 14.8. The minimum absolute atomic E-state index is 0.0481. The van der Waals surface area contributed by atoms with Crippen molar-refractivity contribution in [3.63, 3.8) is 0 Å². The average Bonchev–Trinajstić information content (AvgIpc) is 2.75. The molecule has 1 heterocycles. The summed E-state index contributed by atoms with van der Waals surface area (Å²) >= 11 is 0. The molecule has 0 spiro atoms. The lowest BCUT2D eigenvalue weighted by molar-refractivity contribution is 0.0712. The zero-order valence-electron chi connectivity index (χ0n) is 18.3. The summed E-state index contributed by atoms with van der Waals surface area (Å²) < 4.78 is 27.0. The first-order chi connectivity index (χ1) is 14.7. The highest BCUT2D eigenvalue weighted by Crippen LogP contribution is 2.30. The van der Waals surface area contributed by atoms with Gasteiger partial charge in [0.25, 0.3) is 5.91 Å². The standard InChI is InChI=1S/C24H29N3O3S/c1-4-13-31(29,30)26-23-15-22(17(2)14-18(23)3)24(28)27-11-9-21(10-12-27)20-7-5-19(16-25)6-8-20/h5-8,14-15,21,26H,4,9-13H2,1-3H3. The maximum Gasteiger partial charge on any atom is 0.254 e. The number of benzene rings is 2. The van der Waals surface area contributed by atoms with Crippen molar-refractivity contribution in [2.45, 2.75) is 46.0 Å². The Labute approximate surface area is 184 Å². The SMILES string of the molecule is CCCS(=O)(=O)Nc1cc(C(=O)N2CCC(c3ccc(C#N)cc3)CC2)c(C)cc1C. The number of carbonyl (C=O) groups is 1. The third-order valence-electron chi connectivity index (χ3n) is 5.83. The van der Waals surface area contributed by atoms with Crippen molar-refractivity contribution < 1.29 is 13.2 Å². The number of rotatable bonds is 6. The fourth-order valence-electron chi connectivity index (χ4n) is 4.10. The second kappa shape index (κ2) is 9.52. The first-order valence-electron chi connectivity index (χ1n) is 10.6. The van der Waals surface area contributed by atoms with Crippen LogP contribution in [-0.4, -0.2) is 38.1 Å². The molecule has 0 saturated carbocycles. The molecule has 0 aromatic heterocycles. The number of carbonyl (C=O) groups excluding carboxylic acids is 1. The molecule has 0 bridgehead atoms. The van der Waals surface area contributed by atoms with Crippen LogP contribution in [0, 0.1) is 25.2 Å². The van der Waals surface area contributed by atoms with Gasteiger partial charge in [-0.25, -0.2) is 8.42 Å². The number of amides is 1. The molecule has 164 valence electrons. The smallest absolute Gasteiger partial charge is 0.254 e. The lowest BCUT2D eigenvalue weighted by Crippen LogP contribution is -2.38. The summed E-state index contributed by atoms with van der Waals surface area (Å²) in [7, 11) is -3.43. The molecule has 2 aromatic rings. The Bertz CT molecular complexity index is 1090. The number of piperidine rings is 1. The molecule has 0 aliphatic carbocycles. The van der Waals surface area contributed by atoms with Gasteiger partial charge >= 0.3 is 0 Å². The Morgan fingerprint density at radius 3 is 2.35 bits per heavy atom. The van der Waals surface area contributed by atoms with E-state index >= 15 is 0 Å². The van der Waals surface area contributed by atoms with Crippen LogP contribution in [0.1, 0.15) is 64.7 Å². The third-order valence-corrected chi connectivity index (χ3v) is 7.31. The topological polar surface area (TPSA) is 90.3 Å². The van der Waals surface area contributed by atoms with Crippen LogP contribution < -0.4 is 4.72 Å². The summed E-state index contributed by atoms with van der Waals surface area (Å²) in [6.07, 6.45) is 2.25. The van der Waals surface area contributed by atoms with Crippen molar-refractivity contribution in [1.29, 1.82) is 5.26 Å². The number of hydrogen-bond donors (Lipinski definition) is 1. The van der Waals surface area contributed by atoms with E-state index in [1.54, 1.807) is 6.07 Å². The third kappa shape index (κ3) is 5.45. The molecule has 1 saturated heterocycles. The van der Waals surface area contributed by atoms with Crippen LogP contribution in [-0.2, 0) is 10.0 Å². The van der Waals surface area contributed by atoms with Crippen LogP contribution >= 0.6 is 0 Å². The monoisotopic (exact) mass is 439 g/mol. The van der Waals surface area contributed by atoms with Crippen molar-refractivity contribution in [2.75, 3.05) is 23.6 Å². The number of nitriles is 1. The highest BCUT2D eigenvalue weighted by molar-refractivity contribution is 7.92. The molecule has 0 radical (unpaired) electrons. The molecule has 1 aliphatic heterocycles. The molecule has 6 nitrogen and oxygen atoms in total. The molecule has 0 atom stereocenters. The Morgan fingerprint density at radius 1 is 1.13 bits per heavy atom. The van der Waals surface area contributed by atoms with Crippen molar-refractivity contribution in [3.8, 4) is 6.07 Å². The van der Waals surface area contributed by atoms with Crippen LogP contribution in [0.15, 0.2) is 36.4 Å². The second-order valence-electron chi connectivity index (χ2n) is 8.20. The Balaban J connectivity index is 1.73. The van der Waals surface area contributed by atoms with E-state index in [1.165, 1.54) is 5.56 Å². The van der Waals surface area contributed by atoms with Gasteiger partial charge in [0, 0.05) is 18.7 Å². The van der Waals surface area contributed by atoms with Gasteiger partial charge in [-0.1, -0.05) is 25.1 Å². The van der Waals surface area contributed by atoms with Crippen LogP contribution in [0.25, 0.3) is 0 Å². The summed E-state index contributed by atoms with van der Waals surface area (Å²) in [4.78, 5) is 15.1. The number of aryl methyl sites for hydroxylation is 2. The quantitative estimate of drug-likeness (QED) is 0.725. The van der Waals surface area contributed by atoms with Gasteiger partial charge in [0.1, 0.15) is 0 Å². The Hall–Kier alpha value is -2.85. The summed E-state index contributed by atoms with van der Waals surface area (Å²) in [6, 6.07) is 13.3. The second-order valence-corrected chi connectivity index (χ2v) is 10.0. The molecule has 1 fully saturated rings. The molecule has 1 N–H and O–H groups in total. The summed E-state index contributed by atoms with van der Waals surface area (Å²) in [6.45, 7) is 6.83. The number of hydrogen-bond acceptors (Lipinski definition) is 4. The maximum atomic E-state index is 13.2. The molecular weight excluding hydrogens is 410 g/mol. The summed E-state index contributed by atoms with van der Waals surface area (Å²) in [5.41, 5.74) is 4.50. The zero-order chi connectivity index (χ0) is 22.6. The predicted molar refractivity (Wildman–Crippen MR) is 123 cm³/mol. The Morgan fingerprint density at radius 2 is 1.77 bits per heavy atom. The minimum Gasteiger partial charge on any atom is -0.339 e. The molecule has 2 aromatic carbocycles. The number of nitrogens with one attached hydrogen (secondary N) is 1. The first-order valence-corrected chi connectivity index (χ1v) is 12.3. The number of likely N-dealkylation sites (tertiary alicyclic amines) is 1. The molecule has 7 heteroatoms. The first kappa shape index (κ1) is 22.8. The molecule has 1 amide bonds. The van der Waals surface area contributed by atoms with E-state index in [4.69, 9.17) is 5.26 Å². The van der Waals surface area contributed by atoms with E-state index in [0.29, 0.717) is 42.2 Å². The fraction of sp³-hybridized carbons (Fsp3) is 0.417. The Kier molecular flexibility index (Phi) is 7.01. The van der Waals surface area contributed by atoms with Gasteiger partial charge in [0.15, 0.2) is 0 Å². The van der Waals surface area contributed by atoms with E-state index in [0.717, 1.165) is 24.0 Å². The molecular formula is C24H29N3O3S. The fourth-order valence-corrected chi connectivity index (χ4v) is 5.29. The van der Waals surface area contributed by atoms with Crippen LogP contribution in [0.4, 0.5) is 5.69 Å². The van der Waals surface area contributed by atoms with Crippen molar-refractivity contribution in [2.24, 2.45) is 0 Å². The van der Waals surface area contributed by atoms with Crippen molar-refractivity contribution in [3.05, 3.63) is 64.2 Å². The van der Waals surface area contributed by atoms with Gasteiger partial charge in [-0.15, -0.1) is 0 Å². The van der Waals surface area contributed by atoms with Gasteiger partial charge in [0.05, 0.1) is 23.1 Å². The van der Waals surface area contributed by atoms with Crippen LogP contribution in [0.2, 0.25) is 0 Å².